The maximum atomic E-state index is 12.9. The lowest BCUT2D eigenvalue weighted by Gasteiger charge is -2.12. The van der Waals surface area contributed by atoms with Crippen molar-refractivity contribution in [3.05, 3.63) is 48.0 Å². The van der Waals surface area contributed by atoms with Crippen molar-refractivity contribution < 1.29 is 9.21 Å². The number of pyridine rings is 1. The molecule has 0 radical (unpaired) electrons. The third kappa shape index (κ3) is 4.07. The first-order valence-electron chi connectivity index (χ1n) is 9.74. The van der Waals surface area contributed by atoms with E-state index in [9.17, 15) is 4.79 Å². The molecule has 2 heterocycles. The summed E-state index contributed by atoms with van der Waals surface area (Å²) in [5, 5.41) is 4.36. The average molecular weight is 396 g/mol. The smallest absolute Gasteiger partial charge is 0.258 e. The van der Waals surface area contributed by atoms with Crippen molar-refractivity contribution in [1.82, 2.24) is 9.97 Å². The number of carbonyl (C=O) groups excluding carboxylic acids is 1. The van der Waals surface area contributed by atoms with Crippen LogP contribution in [0.15, 0.2) is 46.0 Å². The van der Waals surface area contributed by atoms with Gasteiger partial charge in [0.15, 0.2) is 5.58 Å². The second-order valence-corrected chi connectivity index (χ2v) is 9.58. The maximum absolute atomic E-state index is 12.9. The summed E-state index contributed by atoms with van der Waals surface area (Å²) in [7, 11) is 0. The molecule has 146 valence electrons. The van der Waals surface area contributed by atoms with Gasteiger partial charge in [-0.25, -0.2) is 9.97 Å². The number of amides is 1. The predicted molar refractivity (Wildman–Crippen MR) is 113 cm³/mol. The maximum Gasteiger partial charge on any atom is 0.258 e. The van der Waals surface area contributed by atoms with Gasteiger partial charge < -0.3 is 9.73 Å². The highest BCUT2D eigenvalue weighted by atomic mass is 32.2. The van der Waals surface area contributed by atoms with E-state index < -0.39 is 0 Å². The number of carbonyl (C=O) groups is 1. The van der Waals surface area contributed by atoms with Crippen LogP contribution in [-0.4, -0.2) is 21.1 Å². The number of oxazole rings is 1. The number of nitrogens with zero attached hydrogens (tertiary/aromatic N) is 2. The van der Waals surface area contributed by atoms with E-state index in [2.05, 4.69) is 36.1 Å². The number of benzene rings is 1. The van der Waals surface area contributed by atoms with E-state index in [1.165, 1.54) is 25.7 Å². The van der Waals surface area contributed by atoms with Gasteiger partial charge in [0.1, 0.15) is 10.5 Å². The zero-order valence-electron chi connectivity index (χ0n) is 16.5. The Kier molecular flexibility index (Phi) is 5.15. The van der Waals surface area contributed by atoms with Gasteiger partial charge in [0.2, 0.25) is 5.89 Å². The SMILES string of the molecule is CC(C)(C)c1nc2cc(NC(=O)c3cccnc3SC3CCCC3)ccc2o1. The third-order valence-corrected chi connectivity index (χ3v) is 6.24. The second kappa shape index (κ2) is 7.59. The van der Waals surface area contributed by atoms with Gasteiger partial charge in [-0.05, 0) is 43.2 Å². The number of nitrogens with one attached hydrogen (secondary N) is 1. The molecule has 1 fully saturated rings. The standard InChI is InChI=1S/C22H25N3O2S/c1-22(2,3)21-25-17-13-14(10-11-18(17)27-21)24-19(26)16-9-6-12-23-20(16)28-15-7-4-5-8-15/h6,9-13,15H,4-5,7-8H2,1-3H3,(H,24,26). The summed E-state index contributed by atoms with van der Waals surface area (Å²) >= 11 is 1.73. The molecule has 0 saturated heterocycles. The summed E-state index contributed by atoms with van der Waals surface area (Å²) in [6, 6.07) is 9.20. The predicted octanol–water partition coefficient (Wildman–Crippen LogP) is 5.81. The normalized spacial score (nSPS) is 15.2. The molecule has 3 aromatic rings. The van der Waals surface area contributed by atoms with E-state index in [4.69, 9.17) is 4.42 Å². The highest BCUT2D eigenvalue weighted by Crippen LogP contribution is 2.35. The Hall–Kier alpha value is -2.34. The molecule has 6 heteroatoms. The molecule has 0 bridgehead atoms. The van der Waals surface area contributed by atoms with Crippen LogP contribution >= 0.6 is 11.8 Å². The highest BCUT2D eigenvalue weighted by molar-refractivity contribution is 7.99. The number of hydrogen-bond donors (Lipinski definition) is 1. The molecule has 1 saturated carbocycles. The average Bonchev–Trinajstić information content (AvgIpc) is 3.31. The summed E-state index contributed by atoms with van der Waals surface area (Å²) in [5.41, 5.74) is 2.63. The second-order valence-electron chi connectivity index (χ2n) is 8.29. The minimum Gasteiger partial charge on any atom is -0.440 e. The Morgan fingerprint density at radius 1 is 1.21 bits per heavy atom. The minimum absolute atomic E-state index is 0.146. The van der Waals surface area contributed by atoms with Crippen LogP contribution in [0.4, 0.5) is 5.69 Å². The van der Waals surface area contributed by atoms with Gasteiger partial charge in [-0.2, -0.15) is 0 Å². The molecule has 1 aliphatic rings. The molecule has 4 rings (SSSR count). The quantitative estimate of drug-likeness (QED) is 0.604. The van der Waals surface area contributed by atoms with E-state index in [-0.39, 0.29) is 11.3 Å². The topological polar surface area (TPSA) is 68.0 Å². The number of anilines is 1. The van der Waals surface area contributed by atoms with Crippen molar-refractivity contribution in [2.45, 2.75) is 62.1 Å². The van der Waals surface area contributed by atoms with Crippen molar-refractivity contribution in [2.24, 2.45) is 0 Å². The molecular formula is C22H25N3O2S. The van der Waals surface area contributed by atoms with Crippen LogP contribution in [0.3, 0.4) is 0 Å². The molecule has 28 heavy (non-hydrogen) atoms. The molecule has 0 aliphatic heterocycles. The van der Waals surface area contributed by atoms with Crippen LogP contribution < -0.4 is 5.32 Å². The third-order valence-electron chi connectivity index (χ3n) is 4.88. The van der Waals surface area contributed by atoms with E-state index in [1.54, 1.807) is 18.0 Å². The van der Waals surface area contributed by atoms with Gasteiger partial charge >= 0.3 is 0 Å². The van der Waals surface area contributed by atoms with Crippen LogP contribution in [0, 0.1) is 0 Å². The lowest BCUT2D eigenvalue weighted by Crippen LogP contribution is -2.14. The zero-order chi connectivity index (χ0) is 19.7. The highest BCUT2D eigenvalue weighted by Gasteiger charge is 2.22. The van der Waals surface area contributed by atoms with Gasteiger partial charge in [-0.3, -0.25) is 4.79 Å². The number of fused-ring (bicyclic) bond motifs is 1. The van der Waals surface area contributed by atoms with E-state index >= 15 is 0 Å². The number of thioether (sulfide) groups is 1. The Labute approximate surface area is 169 Å². The van der Waals surface area contributed by atoms with Gasteiger partial charge in [0.05, 0.1) is 5.56 Å². The first kappa shape index (κ1) is 19.0. The van der Waals surface area contributed by atoms with Crippen LogP contribution in [0.25, 0.3) is 11.1 Å². The van der Waals surface area contributed by atoms with Gasteiger partial charge in [-0.15, -0.1) is 11.8 Å². The van der Waals surface area contributed by atoms with Crippen molar-refractivity contribution in [3.8, 4) is 0 Å². The monoisotopic (exact) mass is 395 g/mol. The molecule has 0 spiro atoms. The Morgan fingerprint density at radius 3 is 2.75 bits per heavy atom. The van der Waals surface area contributed by atoms with E-state index in [0.29, 0.717) is 22.4 Å². The summed E-state index contributed by atoms with van der Waals surface area (Å²) in [6.45, 7) is 6.19. The molecule has 1 N–H and O–H groups in total. The Bertz CT molecular complexity index is 1000. The molecule has 1 amide bonds. The fourth-order valence-corrected chi connectivity index (χ4v) is 4.64. The molecule has 0 unspecified atom stereocenters. The number of hydrogen-bond acceptors (Lipinski definition) is 5. The van der Waals surface area contributed by atoms with Crippen molar-refractivity contribution in [3.63, 3.8) is 0 Å². The molecule has 1 aromatic carbocycles. The summed E-state index contributed by atoms with van der Waals surface area (Å²) < 4.78 is 5.83. The number of rotatable bonds is 4. The van der Waals surface area contributed by atoms with Crippen molar-refractivity contribution in [1.29, 1.82) is 0 Å². The van der Waals surface area contributed by atoms with Crippen molar-refractivity contribution >= 4 is 34.5 Å². The molecule has 1 aliphatic carbocycles. The Morgan fingerprint density at radius 2 is 2.00 bits per heavy atom. The first-order chi connectivity index (χ1) is 13.4. The van der Waals surface area contributed by atoms with Crippen LogP contribution in [0.2, 0.25) is 0 Å². The van der Waals surface area contributed by atoms with Crippen LogP contribution in [0.5, 0.6) is 0 Å². The summed E-state index contributed by atoms with van der Waals surface area (Å²) in [4.78, 5) is 21.9. The van der Waals surface area contributed by atoms with Crippen LogP contribution in [0.1, 0.15) is 62.7 Å². The molecule has 5 nitrogen and oxygen atoms in total. The van der Waals surface area contributed by atoms with E-state index in [1.807, 2.05) is 30.3 Å². The molecule has 2 aromatic heterocycles. The van der Waals surface area contributed by atoms with Crippen molar-refractivity contribution in [2.75, 3.05) is 5.32 Å². The fraction of sp³-hybridized carbons (Fsp3) is 0.409. The molecule has 0 atom stereocenters. The lowest BCUT2D eigenvalue weighted by atomic mass is 9.97. The van der Waals surface area contributed by atoms with E-state index in [0.717, 1.165) is 16.1 Å². The Balaban J connectivity index is 1.55. The lowest BCUT2D eigenvalue weighted by molar-refractivity contribution is 0.102. The van der Waals surface area contributed by atoms with Gasteiger partial charge in [0.25, 0.3) is 5.91 Å². The van der Waals surface area contributed by atoms with Gasteiger partial charge in [-0.1, -0.05) is 33.6 Å². The zero-order valence-corrected chi connectivity index (χ0v) is 17.3. The first-order valence-corrected chi connectivity index (χ1v) is 10.6. The van der Waals surface area contributed by atoms with Crippen LogP contribution in [-0.2, 0) is 5.41 Å². The largest absolute Gasteiger partial charge is 0.440 e. The number of aromatic nitrogens is 2. The molecular weight excluding hydrogens is 370 g/mol. The summed E-state index contributed by atoms with van der Waals surface area (Å²) in [5.74, 6) is 0.543. The van der Waals surface area contributed by atoms with Gasteiger partial charge in [0, 0.05) is 22.5 Å². The fourth-order valence-electron chi connectivity index (χ4n) is 3.35. The minimum atomic E-state index is -0.162. The summed E-state index contributed by atoms with van der Waals surface area (Å²) in [6.07, 6.45) is 6.67.